The van der Waals surface area contributed by atoms with Gasteiger partial charge >= 0.3 is 0 Å². The molecule has 2 rings (SSSR count). The zero-order chi connectivity index (χ0) is 14.4. The van der Waals surface area contributed by atoms with Crippen LogP contribution in [0.15, 0.2) is 34.6 Å². The van der Waals surface area contributed by atoms with Crippen LogP contribution < -0.4 is 5.19 Å². The van der Waals surface area contributed by atoms with Gasteiger partial charge < -0.3 is 0 Å². The second kappa shape index (κ2) is 4.79. The van der Waals surface area contributed by atoms with Crippen LogP contribution in [0.2, 0.25) is 13.1 Å². The number of aryl methyl sites for hydroxylation is 3. The highest BCUT2D eigenvalue weighted by molar-refractivity contribution is 6.96. The fourth-order valence-electron chi connectivity index (χ4n) is 3.96. The summed E-state index contributed by atoms with van der Waals surface area (Å²) in [4.78, 5) is 0. The smallest absolute Gasteiger partial charge is 0.0694 e. The van der Waals surface area contributed by atoms with Crippen LogP contribution in [-0.2, 0) is 0 Å². The highest BCUT2D eigenvalue weighted by atomic mass is 28.3. The standard InChI is InChI=1S/C18H26Si/c1-12-9-15(4)18(16(5)10-12)19(6,7)17-11-13(2)8-14(17)3/h8-10H,11H2,1-7H3. The fourth-order valence-corrected chi connectivity index (χ4v) is 8.15. The van der Waals surface area contributed by atoms with Gasteiger partial charge in [0.05, 0.1) is 0 Å². The lowest BCUT2D eigenvalue weighted by Gasteiger charge is -2.30. The highest BCUT2D eigenvalue weighted by Crippen LogP contribution is 2.33. The van der Waals surface area contributed by atoms with Crippen LogP contribution in [0.5, 0.6) is 0 Å². The van der Waals surface area contributed by atoms with E-state index in [2.05, 4.69) is 65.9 Å². The van der Waals surface area contributed by atoms with Crippen molar-refractivity contribution in [2.75, 3.05) is 0 Å². The first-order valence-electron chi connectivity index (χ1n) is 7.19. The molecule has 0 atom stereocenters. The summed E-state index contributed by atoms with van der Waals surface area (Å²) >= 11 is 0. The van der Waals surface area contributed by atoms with E-state index in [1.165, 1.54) is 34.3 Å². The zero-order valence-corrected chi connectivity index (χ0v) is 14.4. The number of benzene rings is 1. The SMILES string of the molecule is CC1=CC(C)=C([Si](C)(C)c2c(C)cc(C)cc2C)C1. The van der Waals surface area contributed by atoms with E-state index in [4.69, 9.17) is 0 Å². The van der Waals surface area contributed by atoms with Gasteiger partial charge in [0.25, 0.3) is 0 Å². The molecule has 0 aliphatic heterocycles. The second-order valence-electron chi connectivity index (χ2n) is 6.73. The summed E-state index contributed by atoms with van der Waals surface area (Å²) in [5.41, 5.74) is 7.40. The van der Waals surface area contributed by atoms with Crippen molar-refractivity contribution in [3.8, 4) is 0 Å². The lowest BCUT2D eigenvalue weighted by atomic mass is 10.1. The molecule has 19 heavy (non-hydrogen) atoms. The molecule has 0 saturated carbocycles. The molecule has 1 aromatic carbocycles. The van der Waals surface area contributed by atoms with Gasteiger partial charge in [-0.2, -0.15) is 0 Å². The third-order valence-corrected chi connectivity index (χ3v) is 8.57. The number of hydrogen-bond donors (Lipinski definition) is 0. The van der Waals surface area contributed by atoms with E-state index in [9.17, 15) is 0 Å². The van der Waals surface area contributed by atoms with Crippen LogP contribution in [0, 0.1) is 20.8 Å². The third kappa shape index (κ3) is 2.49. The van der Waals surface area contributed by atoms with Gasteiger partial charge in [0.1, 0.15) is 8.07 Å². The van der Waals surface area contributed by atoms with Gasteiger partial charge in [-0.3, -0.25) is 0 Å². The Balaban J connectivity index is 2.56. The monoisotopic (exact) mass is 270 g/mol. The van der Waals surface area contributed by atoms with Crippen molar-refractivity contribution in [2.24, 2.45) is 0 Å². The summed E-state index contributed by atoms with van der Waals surface area (Å²) < 4.78 is 0. The van der Waals surface area contributed by atoms with Crippen molar-refractivity contribution in [3.05, 3.63) is 51.2 Å². The largest absolute Gasteiger partial charge is 0.109 e. The third-order valence-electron chi connectivity index (χ3n) is 4.45. The Bertz CT molecular complexity index is 563. The number of hydrogen-bond acceptors (Lipinski definition) is 0. The number of rotatable bonds is 2. The first-order chi connectivity index (χ1) is 8.73. The Kier molecular flexibility index (Phi) is 3.61. The van der Waals surface area contributed by atoms with Crippen LogP contribution >= 0.6 is 0 Å². The molecule has 1 aromatic rings. The summed E-state index contributed by atoms with van der Waals surface area (Å²) in [6.45, 7) is 16.4. The minimum atomic E-state index is -1.54. The van der Waals surface area contributed by atoms with Crippen LogP contribution in [0.1, 0.15) is 37.0 Å². The van der Waals surface area contributed by atoms with Crippen LogP contribution in [-0.4, -0.2) is 8.07 Å². The molecule has 0 fully saturated rings. The van der Waals surface area contributed by atoms with Crippen LogP contribution in [0.4, 0.5) is 0 Å². The quantitative estimate of drug-likeness (QED) is 0.681. The summed E-state index contributed by atoms with van der Waals surface area (Å²) in [5.74, 6) is 0. The van der Waals surface area contributed by atoms with Crippen molar-refractivity contribution in [1.29, 1.82) is 0 Å². The summed E-state index contributed by atoms with van der Waals surface area (Å²) in [6, 6.07) is 4.70. The van der Waals surface area contributed by atoms with Gasteiger partial charge in [-0.15, -0.1) is 0 Å². The fraction of sp³-hybridized carbons (Fsp3) is 0.444. The molecule has 0 nitrogen and oxygen atoms in total. The molecule has 0 heterocycles. The Labute approximate surface area is 119 Å². The summed E-state index contributed by atoms with van der Waals surface area (Å²) in [7, 11) is -1.54. The predicted octanol–water partition coefficient (Wildman–Crippen LogP) is 4.73. The van der Waals surface area contributed by atoms with Crippen LogP contribution in [0.3, 0.4) is 0 Å². The molecule has 102 valence electrons. The van der Waals surface area contributed by atoms with E-state index in [1.54, 1.807) is 10.4 Å². The molecule has 0 spiro atoms. The molecule has 0 radical (unpaired) electrons. The Morgan fingerprint density at radius 1 is 0.895 bits per heavy atom. The molecule has 0 bridgehead atoms. The lowest BCUT2D eigenvalue weighted by Crippen LogP contribution is -2.47. The molecule has 1 aliphatic carbocycles. The van der Waals surface area contributed by atoms with E-state index < -0.39 is 8.07 Å². The maximum atomic E-state index is 2.52. The zero-order valence-electron chi connectivity index (χ0n) is 13.4. The predicted molar refractivity (Wildman–Crippen MR) is 88.8 cm³/mol. The maximum absolute atomic E-state index is 2.52. The second-order valence-corrected chi connectivity index (χ2v) is 11.1. The van der Waals surface area contributed by atoms with Gasteiger partial charge in [-0.1, -0.05) is 64.3 Å². The van der Waals surface area contributed by atoms with Crippen molar-refractivity contribution in [3.63, 3.8) is 0 Å². The Morgan fingerprint density at radius 3 is 1.84 bits per heavy atom. The van der Waals surface area contributed by atoms with E-state index in [-0.39, 0.29) is 0 Å². The molecule has 0 aromatic heterocycles. The van der Waals surface area contributed by atoms with E-state index in [1.807, 2.05) is 0 Å². The highest BCUT2D eigenvalue weighted by Gasteiger charge is 2.33. The number of allylic oxidation sites excluding steroid dienone is 4. The summed E-state index contributed by atoms with van der Waals surface area (Å²) in [6.07, 6.45) is 3.57. The molecular weight excluding hydrogens is 244 g/mol. The summed E-state index contributed by atoms with van der Waals surface area (Å²) in [5, 5.41) is 3.37. The van der Waals surface area contributed by atoms with Crippen molar-refractivity contribution < 1.29 is 0 Å². The van der Waals surface area contributed by atoms with E-state index in [0.717, 1.165) is 0 Å². The molecule has 0 saturated heterocycles. The van der Waals surface area contributed by atoms with Crippen molar-refractivity contribution in [2.45, 2.75) is 54.1 Å². The van der Waals surface area contributed by atoms with E-state index in [0.29, 0.717) is 0 Å². The molecule has 1 heteroatoms. The molecule has 1 aliphatic rings. The Morgan fingerprint density at radius 2 is 1.42 bits per heavy atom. The van der Waals surface area contributed by atoms with E-state index >= 15 is 0 Å². The van der Waals surface area contributed by atoms with Gasteiger partial charge in [0, 0.05) is 0 Å². The van der Waals surface area contributed by atoms with Gasteiger partial charge in [-0.05, 0) is 46.2 Å². The normalized spacial score (nSPS) is 16.1. The van der Waals surface area contributed by atoms with Gasteiger partial charge in [0.15, 0.2) is 0 Å². The maximum Gasteiger partial charge on any atom is 0.109 e. The topological polar surface area (TPSA) is 0 Å². The first-order valence-corrected chi connectivity index (χ1v) is 10.2. The van der Waals surface area contributed by atoms with Gasteiger partial charge in [-0.25, -0.2) is 0 Å². The van der Waals surface area contributed by atoms with Crippen molar-refractivity contribution in [1.82, 2.24) is 0 Å². The van der Waals surface area contributed by atoms with Gasteiger partial charge in [0.2, 0.25) is 0 Å². The molecular formula is C18H26Si. The average molecular weight is 270 g/mol. The van der Waals surface area contributed by atoms with Crippen molar-refractivity contribution >= 4 is 13.3 Å². The Hall–Kier alpha value is -1.08. The first kappa shape index (κ1) is 14.3. The molecule has 0 amide bonds. The average Bonchev–Trinajstić information content (AvgIpc) is 2.56. The minimum absolute atomic E-state index is 1.19. The lowest BCUT2D eigenvalue weighted by molar-refractivity contribution is 1.20. The minimum Gasteiger partial charge on any atom is -0.0694 e. The van der Waals surface area contributed by atoms with Crippen LogP contribution in [0.25, 0.3) is 0 Å². The molecule has 0 unspecified atom stereocenters. The molecule has 0 N–H and O–H groups in total.